The van der Waals surface area contributed by atoms with Crippen molar-refractivity contribution >= 4 is 5.91 Å². The van der Waals surface area contributed by atoms with Gasteiger partial charge in [-0.2, -0.15) is 0 Å². The van der Waals surface area contributed by atoms with Crippen LogP contribution < -0.4 is 4.74 Å². The van der Waals surface area contributed by atoms with Gasteiger partial charge in [-0.1, -0.05) is 36.4 Å². The van der Waals surface area contributed by atoms with Gasteiger partial charge in [-0.3, -0.25) is 4.79 Å². The number of morpholine rings is 1. The molecule has 2 aromatic carbocycles. The molecule has 4 nitrogen and oxygen atoms in total. The number of hydrogen-bond donors (Lipinski definition) is 0. The van der Waals surface area contributed by atoms with E-state index in [9.17, 15) is 9.18 Å². The van der Waals surface area contributed by atoms with Gasteiger partial charge >= 0.3 is 0 Å². The molecule has 0 aliphatic carbocycles. The third-order valence-corrected chi connectivity index (χ3v) is 4.38. The average Bonchev–Trinajstić information content (AvgIpc) is 2.61. The van der Waals surface area contributed by atoms with E-state index >= 15 is 0 Å². The number of ether oxygens (including phenoxy) is 2. The second-order valence-electron chi connectivity index (χ2n) is 6.74. The van der Waals surface area contributed by atoms with E-state index in [1.165, 1.54) is 6.07 Å². The molecule has 1 unspecified atom stereocenters. The molecule has 0 bridgehead atoms. The molecule has 0 radical (unpaired) electrons. The van der Waals surface area contributed by atoms with E-state index in [0.29, 0.717) is 24.5 Å². The Bertz CT molecular complexity index is 733. The molecule has 132 valence electrons. The lowest BCUT2D eigenvalue weighted by atomic mass is 9.98. The van der Waals surface area contributed by atoms with E-state index in [4.69, 9.17) is 9.47 Å². The Morgan fingerprint density at radius 1 is 1.20 bits per heavy atom. The minimum Gasteiger partial charge on any atom is -0.484 e. The summed E-state index contributed by atoms with van der Waals surface area (Å²) in [6, 6.07) is 15.7. The summed E-state index contributed by atoms with van der Waals surface area (Å²) in [5.41, 5.74) is -0.00131. The van der Waals surface area contributed by atoms with Gasteiger partial charge in [-0.05, 0) is 32.0 Å². The van der Waals surface area contributed by atoms with Crippen molar-refractivity contribution in [2.45, 2.75) is 25.5 Å². The lowest BCUT2D eigenvalue weighted by Crippen LogP contribution is -2.57. The first-order valence-electron chi connectivity index (χ1n) is 8.32. The number of carbonyl (C=O) groups excluding carboxylic acids is 1. The van der Waals surface area contributed by atoms with Crippen molar-refractivity contribution in [2.75, 3.05) is 19.8 Å². The highest BCUT2D eigenvalue weighted by Crippen LogP contribution is 2.31. The van der Waals surface area contributed by atoms with Gasteiger partial charge in [0.15, 0.2) is 6.61 Å². The van der Waals surface area contributed by atoms with E-state index in [1.54, 1.807) is 35.2 Å². The fourth-order valence-electron chi connectivity index (χ4n) is 2.95. The Morgan fingerprint density at radius 2 is 1.88 bits per heavy atom. The van der Waals surface area contributed by atoms with Gasteiger partial charge < -0.3 is 14.4 Å². The van der Waals surface area contributed by atoms with Crippen molar-refractivity contribution in [2.24, 2.45) is 0 Å². The van der Waals surface area contributed by atoms with Crippen LogP contribution in [0.15, 0.2) is 54.6 Å². The number of benzene rings is 2. The van der Waals surface area contributed by atoms with Crippen LogP contribution in [0.3, 0.4) is 0 Å². The van der Waals surface area contributed by atoms with Crippen molar-refractivity contribution in [1.82, 2.24) is 4.90 Å². The molecule has 1 saturated heterocycles. The van der Waals surface area contributed by atoms with Gasteiger partial charge in [0.2, 0.25) is 0 Å². The van der Waals surface area contributed by atoms with Gasteiger partial charge in [-0.15, -0.1) is 0 Å². The zero-order valence-electron chi connectivity index (χ0n) is 14.4. The molecule has 0 saturated carbocycles. The van der Waals surface area contributed by atoms with Crippen molar-refractivity contribution in [3.8, 4) is 5.75 Å². The highest BCUT2D eigenvalue weighted by molar-refractivity contribution is 5.78. The molecule has 1 aliphatic heterocycles. The van der Waals surface area contributed by atoms with Crippen LogP contribution in [-0.4, -0.2) is 36.1 Å². The van der Waals surface area contributed by atoms with Crippen LogP contribution in [0.25, 0.3) is 0 Å². The Balaban J connectivity index is 1.71. The standard InChI is InChI=1S/C20H22FNO3/c1-20(2)14-25-18(16-10-6-7-11-17(16)21)12-22(20)19(23)13-24-15-8-4-3-5-9-15/h3-11,18H,12-14H2,1-2H3. The predicted octanol–water partition coefficient (Wildman–Crippen LogP) is 3.58. The summed E-state index contributed by atoms with van der Waals surface area (Å²) >= 11 is 0. The minimum atomic E-state index is -0.477. The number of carbonyl (C=O) groups is 1. The molecule has 1 amide bonds. The summed E-state index contributed by atoms with van der Waals surface area (Å²) in [7, 11) is 0. The highest BCUT2D eigenvalue weighted by atomic mass is 19.1. The third-order valence-electron chi connectivity index (χ3n) is 4.38. The van der Waals surface area contributed by atoms with E-state index in [0.717, 1.165) is 0 Å². The summed E-state index contributed by atoms with van der Waals surface area (Å²) in [4.78, 5) is 14.4. The Labute approximate surface area is 147 Å². The normalized spacial score (nSPS) is 19.5. The first kappa shape index (κ1) is 17.4. The largest absolute Gasteiger partial charge is 0.484 e. The molecule has 25 heavy (non-hydrogen) atoms. The highest BCUT2D eigenvalue weighted by Gasteiger charge is 2.39. The van der Waals surface area contributed by atoms with Crippen LogP contribution in [0.2, 0.25) is 0 Å². The maximum absolute atomic E-state index is 14.1. The first-order valence-corrected chi connectivity index (χ1v) is 8.32. The Morgan fingerprint density at radius 3 is 2.60 bits per heavy atom. The molecule has 5 heteroatoms. The molecular weight excluding hydrogens is 321 g/mol. The number of rotatable bonds is 4. The molecule has 0 spiro atoms. The molecule has 0 aromatic heterocycles. The van der Waals surface area contributed by atoms with E-state index < -0.39 is 11.6 Å². The monoisotopic (exact) mass is 343 g/mol. The lowest BCUT2D eigenvalue weighted by molar-refractivity contribution is -0.157. The predicted molar refractivity (Wildman–Crippen MR) is 92.8 cm³/mol. The summed E-state index contributed by atoms with van der Waals surface area (Å²) in [5.74, 6) is 0.186. The molecule has 1 aliphatic rings. The molecule has 2 aromatic rings. The summed E-state index contributed by atoms with van der Waals surface area (Å²) in [6.07, 6.45) is -0.477. The van der Waals surface area contributed by atoms with Gasteiger partial charge in [0.25, 0.3) is 5.91 Å². The van der Waals surface area contributed by atoms with Gasteiger partial charge in [0.1, 0.15) is 17.7 Å². The molecule has 1 fully saturated rings. The number of para-hydroxylation sites is 1. The maximum atomic E-state index is 14.1. The van der Waals surface area contributed by atoms with Crippen molar-refractivity contribution in [3.05, 3.63) is 66.0 Å². The average molecular weight is 343 g/mol. The summed E-state index contributed by atoms with van der Waals surface area (Å²) in [6.45, 7) is 4.45. The van der Waals surface area contributed by atoms with Crippen molar-refractivity contribution < 1.29 is 18.7 Å². The van der Waals surface area contributed by atoms with Crippen LogP contribution >= 0.6 is 0 Å². The van der Waals surface area contributed by atoms with Crippen LogP contribution in [0.4, 0.5) is 4.39 Å². The van der Waals surface area contributed by atoms with Crippen LogP contribution in [-0.2, 0) is 9.53 Å². The Kier molecular flexibility index (Phi) is 5.04. The lowest BCUT2D eigenvalue weighted by Gasteiger charge is -2.45. The van der Waals surface area contributed by atoms with Crippen LogP contribution in [0, 0.1) is 5.82 Å². The van der Waals surface area contributed by atoms with Gasteiger partial charge in [-0.25, -0.2) is 4.39 Å². The second-order valence-corrected chi connectivity index (χ2v) is 6.74. The molecule has 1 atom stereocenters. The number of hydrogen-bond acceptors (Lipinski definition) is 3. The Hall–Kier alpha value is -2.40. The topological polar surface area (TPSA) is 38.8 Å². The van der Waals surface area contributed by atoms with Crippen LogP contribution in [0.5, 0.6) is 5.75 Å². The van der Waals surface area contributed by atoms with E-state index in [-0.39, 0.29) is 18.3 Å². The van der Waals surface area contributed by atoms with Gasteiger partial charge in [0.05, 0.1) is 18.7 Å². The van der Waals surface area contributed by atoms with E-state index in [1.807, 2.05) is 32.0 Å². The first-order chi connectivity index (χ1) is 12.0. The van der Waals surface area contributed by atoms with Gasteiger partial charge in [0, 0.05) is 5.56 Å². The van der Waals surface area contributed by atoms with Crippen molar-refractivity contribution in [1.29, 1.82) is 0 Å². The fourth-order valence-corrected chi connectivity index (χ4v) is 2.95. The van der Waals surface area contributed by atoms with Crippen molar-refractivity contribution in [3.63, 3.8) is 0 Å². The minimum absolute atomic E-state index is 0.0581. The quantitative estimate of drug-likeness (QED) is 0.852. The van der Waals surface area contributed by atoms with E-state index in [2.05, 4.69) is 0 Å². The second kappa shape index (κ2) is 7.23. The maximum Gasteiger partial charge on any atom is 0.261 e. The van der Waals surface area contributed by atoms with Crippen LogP contribution in [0.1, 0.15) is 25.5 Å². The fraction of sp³-hybridized carbons (Fsp3) is 0.350. The summed E-state index contributed by atoms with van der Waals surface area (Å²) in [5, 5.41) is 0. The smallest absolute Gasteiger partial charge is 0.261 e. The molecular formula is C20H22FNO3. The number of nitrogens with zero attached hydrogens (tertiary/aromatic N) is 1. The zero-order valence-corrected chi connectivity index (χ0v) is 14.4. The molecule has 3 rings (SSSR count). The molecule has 1 heterocycles. The number of amides is 1. The number of halogens is 1. The summed E-state index contributed by atoms with van der Waals surface area (Å²) < 4.78 is 25.5. The third kappa shape index (κ3) is 3.99. The SMILES string of the molecule is CC1(C)COC(c2ccccc2F)CN1C(=O)COc1ccccc1. The zero-order chi connectivity index (χ0) is 17.9. The molecule has 0 N–H and O–H groups in total.